The number of cyclic esters (lactones) is 1. The zero-order valence-corrected chi connectivity index (χ0v) is 6.23. The fraction of sp³-hybridized carbons (Fsp3) is 0.833. The van der Waals surface area contributed by atoms with Gasteiger partial charge in [0.15, 0.2) is 0 Å². The first-order valence-electron chi connectivity index (χ1n) is 3.14. The van der Waals surface area contributed by atoms with Gasteiger partial charge in [0.05, 0.1) is 0 Å². The van der Waals surface area contributed by atoms with Crippen molar-refractivity contribution < 1.29 is 9.53 Å². The van der Waals surface area contributed by atoms with Gasteiger partial charge in [0.1, 0.15) is 11.4 Å². The molecule has 3 heteroatoms. The van der Waals surface area contributed by atoms with E-state index in [0.717, 1.165) is 12.8 Å². The molecule has 0 radical (unpaired) electrons. The molecule has 1 saturated heterocycles. The van der Waals surface area contributed by atoms with Crippen molar-refractivity contribution in [1.29, 1.82) is 0 Å². The van der Waals surface area contributed by atoms with E-state index in [0.29, 0.717) is 0 Å². The normalized spacial score (nSPS) is 33.3. The Kier molecular flexibility index (Phi) is 2.01. The van der Waals surface area contributed by atoms with E-state index in [4.69, 9.17) is 4.74 Å². The summed E-state index contributed by atoms with van der Waals surface area (Å²) in [5, 5.41) is -0.148. The summed E-state index contributed by atoms with van der Waals surface area (Å²) in [5.74, 6) is -0.170. The second-order valence-corrected chi connectivity index (χ2v) is 2.77. The molecule has 0 saturated carbocycles. The molecule has 1 heterocycles. The van der Waals surface area contributed by atoms with Crippen LogP contribution in [0.2, 0.25) is 0 Å². The highest BCUT2D eigenvalue weighted by Crippen LogP contribution is 2.23. The molecule has 0 N–H and O–H groups in total. The topological polar surface area (TPSA) is 26.3 Å². The molecule has 0 aromatic heterocycles. The lowest BCUT2D eigenvalue weighted by Crippen LogP contribution is -2.46. The zero-order chi connectivity index (χ0) is 6.85. The van der Waals surface area contributed by atoms with Crippen molar-refractivity contribution in [3.63, 3.8) is 0 Å². The van der Waals surface area contributed by atoms with E-state index < -0.39 is 0 Å². The average Bonchev–Trinajstić information content (AvgIpc) is 1.88. The van der Waals surface area contributed by atoms with Gasteiger partial charge in [0, 0.05) is 0 Å². The summed E-state index contributed by atoms with van der Waals surface area (Å²) in [6.07, 6.45) is 2.08. The minimum atomic E-state index is -0.170. The number of carbonyl (C=O) groups is 1. The summed E-state index contributed by atoms with van der Waals surface area (Å²) in [5.41, 5.74) is 0. The molecule has 1 aliphatic heterocycles. The molecule has 0 aliphatic carbocycles. The van der Waals surface area contributed by atoms with Gasteiger partial charge in [-0.25, -0.2) is 0 Å². The molecule has 1 aliphatic rings. The van der Waals surface area contributed by atoms with Gasteiger partial charge in [-0.2, -0.15) is 12.6 Å². The Labute approximate surface area is 60.0 Å². The van der Waals surface area contributed by atoms with E-state index in [1.165, 1.54) is 0 Å². The third kappa shape index (κ3) is 1.21. The van der Waals surface area contributed by atoms with E-state index in [1.54, 1.807) is 0 Å². The predicted octanol–water partition coefficient (Wildman–Crippen LogP) is 1.01. The Bertz CT molecular complexity index is 124. The molecule has 9 heavy (non-hydrogen) atoms. The summed E-state index contributed by atoms with van der Waals surface area (Å²) >= 11 is 4.03. The quantitative estimate of drug-likeness (QED) is 0.465. The first-order chi connectivity index (χ1) is 4.25. The number of ether oxygens (including phenoxy) is 1. The number of hydrogen-bond acceptors (Lipinski definition) is 3. The average molecular weight is 146 g/mol. The maximum Gasteiger partial charge on any atom is 0.322 e. The number of rotatable bonds is 2. The van der Waals surface area contributed by atoms with Crippen LogP contribution in [0.5, 0.6) is 0 Å². The summed E-state index contributed by atoms with van der Waals surface area (Å²) in [7, 11) is 0. The van der Waals surface area contributed by atoms with Gasteiger partial charge in [-0.15, -0.1) is 0 Å². The molecular weight excluding hydrogens is 136 g/mol. The number of carbonyl (C=O) groups excluding carboxylic acids is 1. The van der Waals surface area contributed by atoms with Gasteiger partial charge in [-0.1, -0.05) is 13.3 Å². The number of esters is 1. The van der Waals surface area contributed by atoms with Crippen molar-refractivity contribution in [2.75, 3.05) is 0 Å². The molecule has 2 nitrogen and oxygen atoms in total. The number of thiol groups is 1. The zero-order valence-electron chi connectivity index (χ0n) is 5.33. The van der Waals surface area contributed by atoms with Crippen LogP contribution in [0.25, 0.3) is 0 Å². The smallest absolute Gasteiger partial charge is 0.322 e. The van der Waals surface area contributed by atoms with Crippen LogP contribution in [0, 0.1) is 0 Å². The summed E-state index contributed by atoms with van der Waals surface area (Å²) in [4.78, 5) is 10.4. The van der Waals surface area contributed by atoms with Crippen molar-refractivity contribution in [1.82, 2.24) is 0 Å². The van der Waals surface area contributed by atoms with Crippen molar-refractivity contribution in [3.8, 4) is 0 Å². The third-order valence-corrected chi connectivity index (χ3v) is 1.98. The van der Waals surface area contributed by atoms with Crippen LogP contribution in [-0.2, 0) is 9.53 Å². The first-order valence-corrected chi connectivity index (χ1v) is 3.66. The van der Waals surface area contributed by atoms with E-state index in [9.17, 15) is 4.79 Å². The van der Waals surface area contributed by atoms with Crippen molar-refractivity contribution in [2.45, 2.75) is 31.1 Å². The van der Waals surface area contributed by atoms with Crippen LogP contribution in [0.15, 0.2) is 0 Å². The molecule has 1 fully saturated rings. The Morgan fingerprint density at radius 3 is 2.78 bits per heavy atom. The van der Waals surface area contributed by atoms with E-state index in [-0.39, 0.29) is 17.3 Å². The molecule has 52 valence electrons. The van der Waals surface area contributed by atoms with Crippen molar-refractivity contribution >= 4 is 18.6 Å². The molecule has 0 spiro atoms. The second-order valence-electron chi connectivity index (χ2n) is 2.21. The Hall–Kier alpha value is -0.180. The summed E-state index contributed by atoms with van der Waals surface area (Å²) < 4.78 is 4.78. The molecule has 0 aromatic carbocycles. The van der Waals surface area contributed by atoms with Crippen LogP contribution in [0.4, 0.5) is 0 Å². The fourth-order valence-electron chi connectivity index (χ4n) is 0.864. The Morgan fingerprint density at radius 2 is 2.44 bits per heavy atom. The molecular formula is C6H10O2S. The molecule has 1 rings (SSSR count). The van der Waals surface area contributed by atoms with Gasteiger partial charge in [0.25, 0.3) is 0 Å². The molecule has 0 amide bonds. The van der Waals surface area contributed by atoms with Gasteiger partial charge >= 0.3 is 5.97 Å². The SMILES string of the molecule is CCCC1OC(=O)C1S. The van der Waals surface area contributed by atoms with Crippen LogP contribution in [0.1, 0.15) is 19.8 Å². The number of hydrogen-bond donors (Lipinski definition) is 1. The highest BCUT2D eigenvalue weighted by Gasteiger charge is 2.38. The third-order valence-electron chi connectivity index (χ3n) is 1.43. The Morgan fingerprint density at radius 1 is 1.78 bits per heavy atom. The van der Waals surface area contributed by atoms with E-state index >= 15 is 0 Å². The van der Waals surface area contributed by atoms with Gasteiger partial charge in [-0.05, 0) is 6.42 Å². The molecule has 0 bridgehead atoms. The molecule has 0 aromatic rings. The highest BCUT2D eigenvalue weighted by atomic mass is 32.1. The largest absolute Gasteiger partial charge is 0.460 e. The lowest BCUT2D eigenvalue weighted by molar-refractivity contribution is -0.167. The standard InChI is InChI=1S/C6H10O2S/c1-2-3-4-5(9)6(7)8-4/h4-5,9H,2-3H2,1H3. The lowest BCUT2D eigenvalue weighted by atomic mass is 10.1. The minimum absolute atomic E-state index is 0.0887. The van der Waals surface area contributed by atoms with Crippen LogP contribution in [0.3, 0.4) is 0 Å². The highest BCUT2D eigenvalue weighted by molar-refractivity contribution is 7.82. The predicted molar refractivity (Wildman–Crippen MR) is 37.6 cm³/mol. The molecule has 2 unspecified atom stereocenters. The van der Waals surface area contributed by atoms with Gasteiger partial charge in [-0.3, -0.25) is 4.79 Å². The molecule has 2 atom stereocenters. The first kappa shape index (κ1) is 6.93. The second kappa shape index (κ2) is 2.60. The van der Waals surface area contributed by atoms with Gasteiger partial charge in [0.2, 0.25) is 0 Å². The maximum atomic E-state index is 10.4. The monoisotopic (exact) mass is 146 g/mol. The van der Waals surface area contributed by atoms with Crippen LogP contribution < -0.4 is 0 Å². The van der Waals surface area contributed by atoms with E-state index in [1.807, 2.05) is 0 Å². The Balaban J connectivity index is 2.25. The lowest BCUT2D eigenvalue weighted by Gasteiger charge is -2.31. The minimum Gasteiger partial charge on any atom is -0.460 e. The summed E-state index contributed by atoms with van der Waals surface area (Å²) in [6, 6.07) is 0. The summed E-state index contributed by atoms with van der Waals surface area (Å²) in [6.45, 7) is 2.06. The van der Waals surface area contributed by atoms with E-state index in [2.05, 4.69) is 19.6 Å². The van der Waals surface area contributed by atoms with Crippen molar-refractivity contribution in [3.05, 3.63) is 0 Å². The van der Waals surface area contributed by atoms with Crippen molar-refractivity contribution in [2.24, 2.45) is 0 Å². The van der Waals surface area contributed by atoms with Crippen LogP contribution in [-0.4, -0.2) is 17.3 Å². The fourth-order valence-corrected chi connectivity index (χ4v) is 1.13. The van der Waals surface area contributed by atoms with Crippen LogP contribution >= 0.6 is 12.6 Å². The van der Waals surface area contributed by atoms with Gasteiger partial charge < -0.3 is 4.74 Å². The maximum absolute atomic E-state index is 10.4.